The Morgan fingerprint density at radius 1 is 1.07 bits per heavy atom. The van der Waals surface area contributed by atoms with Crippen LogP contribution in [0.25, 0.3) is 11.0 Å². The Bertz CT molecular complexity index is 1040. The zero-order valence-electron chi connectivity index (χ0n) is 16.0. The molecule has 1 heterocycles. The van der Waals surface area contributed by atoms with Crippen LogP contribution in [-0.4, -0.2) is 17.7 Å². The van der Waals surface area contributed by atoms with Gasteiger partial charge in [-0.25, -0.2) is 9.59 Å². The zero-order chi connectivity index (χ0) is 20.3. The molecule has 28 heavy (non-hydrogen) atoms. The lowest BCUT2D eigenvalue weighted by Gasteiger charge is -2.19. The zero-order valence-corrected chi connectivity index (χ0v) is 16.0. The maximum absolute atomic E-state index is 12.0. The third-order valence-corrected chi connectivity index (χ3v) is 4.28. The molecule has 2 aromatic carbocycles. The van der Waals surface area contributed by atoms with Crippen molar-refractivity contribution in [3.8, 4) is 11.5 Å². The van der Waals surface area contributed by atoms with Crippen LogP contribution in [0.5, 0.6) is 11.5 Å². The van der Waals surface area contributed by atoms with E-state index in [9.17, 15) is 14.7 Å². The Hall–Kier alpha value is -3.28. The van der Waals surface area contributed by atoms with E-state index >= 15 is 0 Å². The van der Waals surface area contributed by atoms with Crippen LogP contribution < -0.4 is 10.4 Å². The number of carbonyl (C=O) groups excluding carboxylic acids is 1. The number of ether oxygens (including phenoxy) is 2. The van der Waals surface area contributed by atoms with E-state index in [-0.39, 0.29) is 30.0 Å². The van der Waals surface area contributed by atoms with Crippen molar-refractivity contribution in [1.29, 1.82) is 0 Å². The normalized spacial score (nSPS) is 11.4. The van der Waals surface area contributed by atoms with Crippen LogP contribution in [0.3, 0.4) is 0 Å². The quantitative estimate of drug-likeness (QED) is 0.532. The molecule has 0 saturated heterocycles. The fraction of sp³-hybridized carbons (Fsp3) is 0.273. The van der Waals surface area contributed by atoms with E-state index < -0.39 is 11.6 Å². The molecule has 0 aliphatic carbocycles. The molecule has 0 bridgehead atoms. The number of hydrogen-bond acceptors (Lipinski definition) is 6. The van der Waals surface area contributed by atoms with Gasteiger partial charge in [0.15, 0.2) is 6.61 Å². The van der Waals surface area contributed by atoms with Gasteiger partial charge in [0.2, 0.25) is 0 Å². The SMILES string of the molecule is CC(C)(C)c1ccc(OCC(=O)OCc2cc(=O)oc3cc(O)ccc23)cc1. The maximum atomic E-state index is 12.0. The highest BCUT2D eigenvalue weighted by molar-refractivity contribution is 5.81. The predicted octanol–water partition coefficient (Wildman–Crippen LogP) is 3.92. The molecule has 6 nitrogen and oxygen atoms in total. The number of benzene rings is 2. The van der Waals surface area contributed by atoms with Crippen molar-refractivity contribution in [3.05, 3.63) is 70.1 Å². The molecular formula is C22H22O6. The minimum atomic E-state index is -0.584. The molecule has 3 aromatic rings. The maximum Gasteiger partial charge on any atom is 0.344 e. The number of aromatic hydroxyl groups is 1. The van der Waals surface area contributed by atoms with Gasteiger partial charge in [-0.1, -0.05) is 32.9 Å². The third-order valence-electron chi connectivity index (χ3n) is 4.28. The fourth-order valence-electron chi connectivity index (χ4n) is 2.73. The number of fused-ring (bicyclic) bond motifs is 1. The van der Waals surface area contributed by atoms with Crippen LogP contribution in [0, 0.1) is 0 Å². The molecule has 0 atom stereocenters. The van der Waals surface area contributed by atoms with Crippen molar-refractivity contribution >= 4 is 16.9 Å². The smallest absolute Gasteiger partial charge is 0.344 e. The number of phenols is 1. The number of esters is 1. The van der Waals surface area contributed by atoms with Gasteiger partial charge in [0, 0.05) is 23.1 Å². The molecule has 0 spiro atoms. The lowest BCUT2D eigenvalue weighted by Crippen LogP contribution is -2.15. The van der Waals surface area contributed by atoms with Gasteiger partial charge in [-0.2, -0.15) is 0 Å². The second-order valence-corrected chi connectivity index (χ2v) is 7.49. The van der Waals surface area contributed by atoms with Crippen molar-refractivity contribution in [2.45, 2.75) is 32.8 Å². The van der Waals surface area contributed by atoms with Crippen molar-refractivity contribution < 1.29 is 23.8 Å². The summed E-state index contributed by atoms with van der Waals surface area (Å²) in [5.41, 5.74) is 1.35. The summed E-state index contributed by atoms with van der Waals surface area (Å²) < 4.78 is 15.7. The van der Waals surface area contributed by atoms with Crippen molar-refractivity contribution in [1.82, 2.24) is 0 Å². The lowest BCUT2D eigenvalue weighted by molar-refractivity contribution is -0.147. The van der Waals surface area contributed by atoms with Gasteiger partial charge in [-0.15, -0.1) is 0 Å². The molecule has 0 radical (unpaired) electrons. The van der Waals surface area contributed by atoms with E-state index in [2.05, 4.69) is 20.8 Å². The Kier molecular flexibility index (Phi) is 5.40. The topological polar surface area (TPSA) is 86.0 Å². The molecule has 0 aliphatic rings. The highest BCUT2D eigenvalue weighted by Gasteiger charge is 2.14. The molecule has 0 amide bonds. The van der Waals surface area contributed by atoms with Crippen LogP contribution in [0.15, 0.2) is 57.7 Å². The van der Waals surface area contributed by atoms with Crippen molar-refractivity contribution in [3.63, 3.8) is 0 Å². The molecular weight excluding hydrogens is 360 g/mol. The molecule has 1 aromatic heterocycles. The van der Waals surface area contributed by atoms with E-state index in [1.54, 1.807) is 6.07 Å². The summed E-state index contributed by atoms with van der Waals surface area (Å²) in [6, 6.07) is 13.2. The summed E-state index contributed by atoms with van der Waals surface area (Å²) in [7, 11) is 0. The Labute approximate surface area is 162 Å². The van der Waals surface area contributed by atoms with E-state index in [1.165, 1.54) is 23.8 Å². The van der Waals surface area contributed by atoms with Crippen molar-refractivity contribution in [2.75, 3.05) is 6.61 Å². The van der Waals surface area contributed by atoms with Gasteiger partial charge in [0.1, 0.15) is 23.7 Å². The Morgan fingerprint density at radius 3 is 2.46 bits per heavy atom. The third kappa shape index (κ3) is 4.71. The van der Waals surface area contributed by atoms with Gasteiger partial charge in [0.25, 0.3) is 0 Å². The average Bonchev–Trinajstić information content (AvgIpc) is 2.63. The van der Waals surface area contributed by atoms with Gasteiger partial charge in [0.05, 0.1) is 0 Å². The van der Waals surface area contributed by atoms with E-state index in [1.807, 2.05) is 24.3 Å². The van der Waals surface area contributed by atoms with Gasteiger partial charge >= 0.3 is 11.6 Å². The summed E-state index contributed by atoms with van der Waals surface area (Å²) in [5, 5.41) is 10.1. The minimum absolute atomic E-state index is 0.0179. The monoisotopic (exact) mass is 382 g/mol. The van der Waals surface area contributed by atoms with Crippen LogP contribution in [0.4, 0.5) is 0 Å². The van der Waals surface area contributed by atoms with Gasteiger partial charge in [-0.3, -0.25) is 0 Å². The first-order valence-electron chi connectivity index (χ1n) is 8.87. The average molecular weight is 382 g/mol. The first kappa shape index (κ1) is 19.5. The molecule has 1 N–H and O–H groups in total. The first-order chi connectivity index (χ1) is 13.2. The van der Waals surface area contributed by atoms with E-state index in [0.29, 0.717) is 16.7 Å². The second-order valence-electron chi connectivity index (χ2n) is 7.49. The predicted molar refractivity (Wildman–Crippen MR) is 105 cm³/mol. The fourth-order valence-corrected chi connectivity index (χ4v) is 2.73. The molecule has 146 valence electrons. The Morgan fingerprint density at radius 2 is 1.79 bits per heavy atom. The van der Waals surface area contributed by atoms with Crippen LogP contribution in [0.2, 0.25) is 0 Å². The van der Waals surface area contributed by atoms with E-state index in [0.717, 1.165) is 0 Å². The summed E-state index contributed by atoms with van der Waals surface area (Å²) in [5.74, 6) is 0.00183. The first-order valence-corrected chi connectivity index (χ1v) is 8.87. The largest absolute Gasteiger partial charge is 0.508 e. The molecule has 0 saturated carbocycles. The molecule has 0 fully saturated rings. The Balaban J connectivity index is 1.60. The van der Waals surface area contributed by atoms with Gasteiger partial charge < -0.3 is 19.0 Å². The molecule has 0 aliphatic heterocycles. The lowest BCUT2D eigenvalue weighted by atomic mass is 9.87. The molecule has 6 heteroatoms. The van der Waals surface area contributed by atoms with Crippen LogP contribution in [-0.2, 0) is 21.6 Å². The highest BCUT2D eigenvalue weighted by Crippen LogP contribution is 2.24. The summed E-state index contributed by atoms with van der Waals surface area (Å²) in [6.45, 7) is 6.02. The number of rotatable bonds is 5. The van der Waals surface area contributed by atoms with E-state index in [4.69, 9.17) is 13.9 Å². The molecule has 3 rings (SSSR count). The van der Waals surface area contributed by atoms with Crippen LogP contribution >= 0.6 is 0 Å². The minimum Gasteiger partial charge on any atom is -0.508 e. The number of phenolic OH excluding ortho intramolecular Hbond substituents is 1. The summed E-state index contributed by atoms with van der Waals surface area (Å²) in [4.78, 5) is 23.7. The second kappa shape index (κ2) is 7.76. The number of carbonyl (C=O) groups is 1. The summed E-state index contributed by atoms with van der Waals surface area (Å²) >= 11 is 0. The highest BCUT2D eigenvalue weighted by atomic mass is 16.6. The van der Waals surface area contributed by atoms with Crippen LogP contribution in [0.1, 0.15) is 31.9 Å². The van der Waals surface area contributed by atoms with Crippen molar-refractivity contribution in [2.24, 2.45) is 0 Å². The van der Waals surface area contributed by atoms with Gasteiger partial charge in [-0.05, 0) is 35.2 Å². The molecule has 0 unspecified atom stereocenters. The standard InChI is InChI=1S/C22H22O6/c1-22(2,3)15-4-7-17(8-5-15)26-13-21(25)27-12-14-10-20(24)28-19-11-16(23)6-9-18(14)19/h4-11,23H,12-13H2,1-3H3. The summed E-state index contributed by atoms with van der Waals surface area (Å²) in [6.07, 6.45) is 0. The number of hydrogen-bond donors (Lipinski definition) is 1.